The third-order valence-electron chi connectivity index (χ3n) is 4.39. The zero-order valence-electron chi connectivity index (χ0n) is 18.8. The van der Waals surface area contributed by atoms with Crippen LogP contribution in [0.2, 0.25) is 0 Å². The van der Waals surface area contributed by atoms with Crippen molar-refractivity contribution in [1.29, 1.82) is 0 Å². The van der Waals surface area contributed by atoms with Crippen LogP contribution in [0.4, 0.5) is 0 Å². The summed E-state index contributed by atoms with van der Waals surface area (Å²) in [6.45, 7) is 12.9. The first-order valence-electron chi connectivity index (χ1n) is 10.6. The van der Waals surface area contributed by atoms with E-state index in [1.807, 2.05) is 20.8 Å². The van der Waals surface area contributed by atoms with Crippen LogP contribution in [-0.2, 0) is 9.53 Å². The van der Waals surface area contributed by atoms with E-state index in [0.717, 1.165) is 6.42 Å². The Hall–Kier alpha value is -1.51. The van der Waals surface area contributed by atoms with Crippen LogP contribution in [0.3, 0.4) is 0 Å². The molecule has 0 spiro atoms. The maximum atomic E-state index is 12.2. The summed E-state index contributed by atoms with van der Waals surface area (Å²) < 4.78 is 4.91. The van der Waals surface area contributed by atoms with Crippen LogP contribution in [-0.4, -0.2) is 52.6 Å². The van der Waals surface area contributed by atoms with Crippen molar-refractivity contribution in [3.63, 3.8) is 0 Å². The number of carbonyl (C=O) groups excluding carboxylic acids is 2. The number of aromatic nitrogens is 1. The Balaban J connectivity index is 0.00000178. The van der Waals surface area contributed by atoms with E-state index in [9.17, 15) is 14.7 Å². The summed E-state index contributed by atoms with van der Waals surface area (Å²) >= 11 is 1.21. The molecule has 1 aromatic heterocycles. The van der Waals surface area contributed by atoms with Gasteiger partial charge in [-0.2, -0.15) is 0 Å². The van der Waals surface area contributed by atoms with Crippen LogP contribution in [0.5, 0.6) is 0 Å². The lowest BCUT2D eigenvalue weighted by Gasteiger charge is -2.35. The van der Waals surface area contributed by atoms with Crippen LogP contribution in [0.25, 0.3) is 0 Å². The van der Waals surface area contributed by atoms with E-state index in [1.54, 1.807) is 17.2 Å². The van der Waals surface area contributed by atoms with Gasteiger partial charge in [-0.3, -0.25) is 4.79 Å². The fourth-order valence-corrected chi connectivity index (χ4v) is 3.45. The topological polar surface area (TPSA) is 106 Å². The van der Waals surface area contributed by atoms with Crippen molar-refractivity contribution in [2.24, 2.45) is 11.7 Å². The second-order valence-electron chi connectivity index (χ2n) is 7.15. The van der Waals surface area contributed by atoms with E-state index >= 15 is 0 Å². The molecule has 3 N–H and O–H groups in total. The van der Waals surface area contributed by atoms with Gasteiger partial charge in [0.05, 0.1) is 13.2 Å². The van der Waals surface area contributed by atoms with E-state index in [4.69, 9.17) is 10.5 Å². The number of aliphatic hydroxyl groups is 1. The van der Waals surface area contributed by atoms with Gasteiger partial charge in [-0.15, -0.1) is 11.3 Å². The highest BCUT2D eigenvalue weighted by Gasteiger charge is 2.29. The number of hydrogen-bond acceptors (Lipinski definition) is 7. The number of rotatable bonds is 11. The van der Waals surface area contributed by atoms with E-state index in [1.165, 1.54) is 24.2 Å². The van der Waals surface area contributed by atoms with E-state index in [0.29, 0.717) is 18.0 Å². The molecule has 168 valence electrons. The highest BCUT2D eigenvalue weighted by Crippen LogP contribution is 2.27. The van der Waals surface area contributed by atoms with Crippen LogP contribution >= 0.6 is 11.3 Å². The molecule has 1 aromatic rings. The molecule has 0 bridgehead atoms. The van der Waals surface area contributed by atoms with Crippen molar-refractivity contribution < 1.29 is 19.4 Å². The van der Waals surface area contributed by atoms with Gasteiger partial charge in [0.15, 0.2) is 5.69 Å². The second-order valence-corrected chi connectivity index (χ2v) is 8.04. The second kappa shape index (κ2) is 15.3. The first kappa shape index (κ1) is 27.5. The van der Waals surface area contributed by atoms with Gasteiger partial charge in [-0.25, -0.2) is 9.78 Å². The molecular formula is C21H39N3O4S. The smallest absolute Gasteiger partial charge is 0.357 e. The van der Waals surface area contributed by atoms with Crippen LogP contribution in [0, 0.1) is 5.92 Å². The van der Waals surface area contributed by atoms with Gasteiger partial charge < -0.3 is 20.5 Å². The third-order valence-corrected chi connectivity index (χ3v) is 5.33. The number of amides is 1. The maximum Gasteiger partial charge on any atom is 0.357 e. The number of esters is 1. The summed E-state index contributed by atoms with van der Waals surface area (Å²) in [5, 5.41) is 12.6. The summed E-state index contributed by atoms with van der Waals surface area (Å²) in [5.41, 5.74) is 5.73. The van der Waals surface area contributed by atoms with Crippen LogP contribution in [0.15, 0.2) is 5.38 Å². The number of nitrogens with two attached hydrogens (primary N) is 1. The minimum atomic E-state index is -0.856. The van der Waals surface area contributed by atoms with Gasteiger partial charge in [0.25, 0.3) is 0 Å². The molecule has 1 rings (SSSR count). The van der Waals surface area contributed by atoms with Crippen LogP contribution < -0.4 is 5.73 Å². The summed E-state index contributed by atoms with van der Waals surface area (Å²) in [7, 11) is 0. The molecular weight excluding hydrogens is 390 g/mol. The molecule has 8 heteroatoms. The van der Waals surface area contributed by atoms with Gasteiger partial charge in [-0.05, 0) is 19.3 Å². The van der Waals surface area contributed by atoms with Gasteiger partial charge in [-0.1, -0.05) is 47.5 Å². The Morgan fingerprint density at radius 2 is 1.83 bits per heavy atom. The van der Waals surface area contributed by atoms with Gasteiger partial charge in [0, 0.05) is 24.4 Å². The quantitative estimate of drug-likeness (QED) is 0.519. The lowest BCUT2D eigenvalue weighted by atomic mass is 9.95. The lowest BCUT2D eigenvalue weighted by molar-refractivity contribution is -0.133. The Kier molecular flexibility index (Phi) is 14.5. The zero-order valence-corrected chi connectivity index (χ0v) is 19.6. The van der Waals surface area contributed by atoms with Crippen molar-refractivity contribution in [3.05, 3.63) is 16.1 Å². The first-order chi connectivity index (χ1) is 13.8. The molecule has 0 aliphatic carbocycles. The van der Waals surface area contributed by atoms with Crippen molar-refractivity contribution in [2.75, 3.05) is 19.7 Å². The fourth-order valence-electron chi connectivity index (χ4n) is 2.66. The maximum absolute atomic E-state index is 12.2. The summed E-state index contributed by atoms with van der Waals surface area (Å²) in [6, 6.07) is -0.152. The predicted octanol–water partition coefficient (Wildman–Crippen LogP) is 3.77. The predicted molar refractivity (Wildman–Crippen MR) is 118 cm³/mol. The highest BCUT2D eigenvalue weighted by atomic mass is 32.1. The van der Waals surface area contributed by atoms with Gasteiger partial charge >= 0.3 is 5.97 Å². The molecule has 29 heavy (non-hydrogen) atoms. The summed E-state index contributed by atoms with van der Waals surface area (Å²) in [6.07, 6.45) is 2.94. The normalized spacial score (nSPS) is 12.7. The van der Waals surface area contributed by atoms with Crippen molar-refractivity contribution in [1.82, 2.24) is 9.88 Å². The van der Waals surface area contributed by atoms with Gasteiger partial charge in [0.1, 0.15) is 11.1 Å². The highest BCUT2D eigenvalue weighted by molar-refractivity contribution is 7.09. The minimum absolute atomic E-state index is 0.0520. The zero-order chi connectivity index (χ0) is 22.4. The Morgan fingerprint density at radius 3 is 2.28 bits per heavy atom. The number of hydrogen-bond donors (Lipinski definition) is 2. The van der Waals surface area contributed by atoms with Crippen molar-refractivity contribution in [3.8, 4) is 0 Å². The molecule has 0 radical (unpaired) electrons. The van der Waals surface area contributed by atoms with Gasteiger partial charge in [0.2, 0.25) is 5.91 Å². The summed E-state index contributed by atoms with van der Waals surface area (Å²) in [5.74, 6) is -0.469. The molecule has 0 aliphatic heterocycles. The molecule has 7 nitrogen and oxygen atoms in total. The number of ether oxygens (including phenoxy) is 1. The monoisotopic (exact) mass is 429 g/mol. The van der Waals surface area contributed by atoms with E-state index < -0.39 is 12.1 Å². The molecule has 0 saturated heterocycles. The SMILES string of the molecule is CCCC.CCCN(C(=O)CN)C(CC(O)c1nc(C(=O)OCC)cs1)C(C)C. The molecule has 1 heterocycles. The molecule has 0 fully saturated rings. The largest absolute Gasteiger partial charge is 0.461 e. The Morgan fingerprint density at radius 1 is 1.21 bits per heavy atom. The number of nitrogens with zero attached hydrogens (tertiary/aromatic N) is 2. The molecule has 0 aliphatic rings. The lowest BCUT2D eigenvalue weighted by Crippen LogP contribution is -2.47. The Labute approximate surface area is 179 Å². The Bertz CT molecular complexity index is 590. The van der Waals surface area contributed by atoms with E-state index in [2.05, 4.69) is 18.8 Å². The fraction of sp³-hybridized carbons (Fsp3) is 0.762. The summed E-state index contributed by atoms with van der Waals surface area (Å²) in [4.78, 5) is 29.8. The molecule has 0 saturated carbocycles. The number of carbonyl (C=O) groups is 2. The number of unbranched alkanes of at least 4 members (excludes halogenated alkanes) is 1. The van der Waals surface area contributed by atoms with Crippen LogP contribution in [0.1, 0.15) is 88.8 Å². The minimum Gasteiger partial charge on any atom is -0.461 e. The standard InChI is InChI=1S/C17H29N3O4S.C4H10/c1-5-7-20(15(22)9-18)13(11(3)4)8-14(21)16-19-12(10-25-16)17(23)24-6-2;1-3-4-2/h10-11,13-14,21H,5-9,18H2,1-4H3;3-4H2,1-2H3. The first-order valence-corrected chi connectivity index (χ1v) is 11.4. The van der Waals surface area contributed by atoms with E-state index in [-0.39, 0.29) is 36.7 Å². The third kappa shape index (κ3) is 9.69. The number of aliphatic hydroxyl groups excluding tert-OH is 1. The molecule has 0 aromatic carbocycles. The average Bonchev–Trinajstić information content (AvgIpc) is 3.20. The average molecular weight is 430 g/mol. The molecule has 1 amide bonds. The molecule has 2 atom stereocenters. The molecule has 2 unspecified atom stereocenters. The van der Waals surface area contributed by atoms with Crippen molar-refractivity contribution in [2.45, 2.75) is 79.4 Å². The number of thiazole rings is 1. The van der Waals surface area contributed by atoms with Crippen molar-refractivity contribution >= 4 is 23.2 Å².